The Balaban J connectivity index is 0.915. The van der Waals surface area contributed by atoms with E-state index >= 15 is 0 Å². The number of carbonyl (C=O) groups is 4. The third kappa shape index (κ3) is 8.00. The second kappa shape index (κ2) is 17.4. The molecule has 2 fully saturated rings. The molecule has 2 aromatic carbocycles. The summed E-state index contributed by atoms with van der Waals surface area (Å²) >= 11 is 0. The van der Waals surface area contributed by atoms with Crippen LogP contribution in [-0.2, 0) is 19.1 Å². The predicted molar refractivity (Wildman–Crippen MR) is 233 cm³/mol. The van der Waals surface area contributed by atoms with Gasteiger partial charge < -0.3 is 34.6 Å². The van der Waals surface area contributed by atoms with Gasteiger partial charge in [0.05, 0.1) is 61.1 Å². The number of benzene rings is 2. The molecule has 4 amide bonds. The standard InChI is InChI=1S/C47H47N9O6/c1-61-46(59)53-40(28-11-5-3-6-12-28)44(57)55-21-9-15-38(55)42-49-26-36(51-42)33-20-18-30-23-32(19-17-31(30)24-33)34-25-35-37(27-48-34)52-43(50-35)39-16-10-22-56(39)45(58)41(54-47(60)62-2)29-13-7-4-8-14-29/h5-8,11-14,17-20,23-28,38-40H,3-4,9-10,15-16,21-22H2,1-2H3,(H,49,51)(H,50,52)(H,53,59)(H,54,60)/t38-,39-,40-/m0/s1. The largest absolute Gasteiger partial charge is 0.453 e. The first-order chi connectivity index (χ1) is 30.3. The molecule has 316 valence electrons. The molecule has 0 unspecified atom stereocenters. The van der Waals surface area contributed by atoms with Crippen molar-refractivity contribution in [3.8, 4) is 22.5 Å². The van der Waals surface area contributed by atoms with Crippen molar-refractivity contribution in [3.63, 3.8) is 0 Å². The van der Waals surface area contributed by atoms with Crippen LogP contribution in [0.25, 0.3) is 44.3 Å². The minimum atomic E-state index is -0.789. The number of likely N-dealkylation sites (tertiary alicyclic amines) is 2. The zero-order valence-electron chi connectivity index (χ0n) is 34.5. The molecule has 0 radical (unpaired) electrons. The number of fused-ring (bicyclic) bond motifs is 2. The number of alkyl carbamates (subject to hydrolysis) is 2. The van der Waals surface area contributed by atoms with E-state index in [9.17, 15) is 19.2 Å². The van der Waals surface area contributed by atoms with E-state index in [-0.39, 0.29) is 35.5 Å². The molecule has 2 aliphatic heterocycles. The number of nitrogens with zero attached hydrogens (tertiary/aromatic N) is 5. The Hall–Kier alpha value is -7.29. The number of amides is 4. The summed E-state index contributed by atoms with van der Waals surface area (Å²) in [5, 5.41) is 7.48. The minimum absolute atomic E-state index is 0.170. The molecule has 62 heavy (non-hydrogen) atoms. The molecule has 4 N–H and O–H groups in total. The lowest BCUT2D eigenvalue weighted by Gasteiger charge is -2.31. The van der Waals surface area contributed by atoms with E-state index in [4.69, 9.17) is 24.4 Å². The fraction of sp³-hybridized carbons (Fsp3) is 0.298. The molecule has 2 aliphatic carbocycles. The third-order valence-corrected chi connectivity index (χ3v) is 12.0. The Bertz CT molecular complexity index is 2700. The van der Waals surface area contributed by atoms with E-state index in [0.717, 1.165) is 82.8 Å². The average molecular weight is 834 g/mol. The topological polar surface area (TPSA) is 188 Å². The molecule has 3 atom stereocenters. The Morgan fingerprint density at radius 1 is 0.758 bits per heavy atom. The third-order valence-electron chi connectivity index (χ3n) is 12.0. The highest BCUT2D eigenvalue weighted by molar-refractivity contribution is 5.98. The van der Waals surface area contributed by atoms with Crippen molar-refractivity contribution in [3.05, 3.63) is 126 Å². The van der Waals surface area contributed by atoms with Gasteiger partial charge in [-0.2, -0.15) is 0 Å². The first-order valence-electron chi connectivity index (χ1n) is 20.9. The van der Waals surface area contributed by atoms with E-state index in [0.29, 0.717) is 30.3 Å². The van der Waals surface area contributed by atoms with Gasteiger partial charge in [0, 0.05) is 35.7 Å². The molecule has 2 saturated heterocycles. The van der Waals surface area contributed by atoms with Gasteiger partial charge in [-0.3, -0.25) is 19.9 Å². The smallest absolute Gasteiger partial charge is 0.411 e. The summed E-state index contributed by atoms with van der Waals surface area (Å²) in [6.45, 7) is 1.08. The zero-order valence-corrected chi connectivity index (χ0v) is 34.5. The van der Waals surface area contributed by atoms with Crippen molar-refractivity contribution in [2.45, 2.75) is 56.7 Å². The molecule has 9 rings (SSSR count). The summed E-state index contributed by atoms with van der Waals surface area (Å²) in [4.78, 5) is 77.4. The van der Waals surface area contributed by atoms with Crippen LogP contribution in [0.4, 0.5) is 9.59 Å². The Labute approximate surface area is 357 Å². The fourth-order valence-electron chi connectivity index (χ4n) is 8.84. The number of H-pyrrole nitrogens is 2. The normalized spacial score (nSPS) is 19.0. The highest BCUT2D eigenvalue weighted by atomic mass is 16.5. The summed E-state index contributed by atoms with van der Waals surface area (Å²) in [7, 11) is 2.56. The number of ether oxygens (including phenoxy) is 2. The molecule has 15 nitrogen and oxygen atoms in total. The zero-order chi connectivity index (χ0) is 42.7. The van der Waals surface area contributed by atoms with Gasteiger partial charge in [-0.15, -0.1) is 0 Å². The number of hydrogen-bond acceptors (Lipinski definition) is 9. The number of nitrogens with one attached hydrogen (secondary N) is 4. The monoisotopic (exact) mass is 833 g/mol. The number of hydrogen-bond donors (Lipinski definition) is 4. The number of pyridine rings is 1. The van der Waals surface area contributed by atoms with E-state index in [1.807, 2.05) is 77.9 Å². The number of allylic oxidation sites excluding steroid dienone is 7. The summed E-state index contributed by atoms with van der Waals surface area (Å²) in [6.07, 6.45) is 22.3. The van der Waals surface area contributed by atoms with Crippen molar-refractivity contribution in [2.24, 2.45) is 5.92 Å². The van der Waals surface area contributed by atoms with Crippen LogP contribution in [0.3, 0.4) is 0 Å². The van der Waals surface area contributed by atoms with Crippen LogP contribution in [0, 0.1) is 5.92 Å². The predicted octanol–water partition coefficient (Wildman–Crippen LogP) is 7.48. The first kappa shape index (κ1) is 40.1. The maximum absolute atomic E-state index is 14.0. The summed E-state index contributed by atoms with van der Waals surface area (Å²) in [6, 6.07) is 13.0. The quantitative estimate of drug-likeness (QED) is 0.0863. The van der Waals surface area contributed by atoms with Gasteiger partial charge in [-0.25, -0.2) is 19.6 Å². The van der Waals surface area contributed by atoms with Crippen molar-refractivity contribution in [1.29, 1.82) is 0 Å². The Morgan fingerprint density at radius 3 is 2.18 bits per heavy atom. The van der Waals surface area contributed by atoms with Crippen LogP contribution in [0.1, 0.15) is 62.3 Å². The molecule has 4 aliphatic rings. The van der Waals surface area contributed by atoms with E-state index in [1.54, 1.807) is 11.1 Å². The van der Waals surface area contributed by atoms with Crippen LogP contribution in [0.5, 0.6) is 0 Å². The maximum atomic E-state index is 14.0. The summed E-state index contributed by atoms with van der Waals surface area (Å²) in [5.41, 5.74) is 5.78. The number of rotatable bonds is 9. The van der Waals surface area contributed by atoms with E-state index < -0.39 is 18.2 Å². The summed E-state index contributed by atoms with van der Waals surface area (Å²) in [5.74, 6) is 0.625. The lowest BCUT2D eigenvalue weighted by Crippen LogP contribution is -2.51. The van der Waals surface area contributed by atoms with Crippen LogP contribution in [0.15, 0.2) is 115 Å². The van der Waals surface area contributed by atoms with Gasteiger partial charge in [0.25, 0.3) is 5.91 Å². The van der Waals surface area contributed by atoms with Crippen molar-refractivity contribution in [1.82, 2.24) is 45.4 Å². The number of aromatic nitrogens is 5. The highest BCUT2D eigenvalue weighted by Gasteiger charge is 2.39. The lowest BCUT2D eigenvalue weighted by molar-refractivity contribution is -0.135. The second-order valence-electron chi connectivity index (χ2n) is 15.8. The van der Waals surface area contributed by atoms with Crippen LogP contribution in [-0.4, -0.2) is 92.1 Å². The van der Waals surface area contributed by atoms with Crippen LogP contribution in [0.2, 0.25) is 0 Å². The molecule has 5 aromatic rings. The molecular weight excluding hydrogens is 787 g/mol. The van der Waals surface area contributed by atoms with Gasteiger partial charge in [0.15, 0.2) is 0 Å². The average Bonchev–Trinajstić information content (AvgIpc) is 4.16. The Kier molecular flexibility index (Phi) is 11.2. The molecule has 0 spiro atoms. The highest BCUT2D eigenvalue weighted by Crippen LogP contribution is 2.36. The first-order valence-corrected chi connectivity index (χ1v) is 20.9. The maximum Gasteiger partial charge on any atom is 0.411 e. The van der Waals surface area contributed by atoms with Crippen molar-refractivity contribution < 1.29 is 28.7 Å². The fourth-order valence-corrected chi connectivity index (χ4v) is 8.84. The van der Waals surface area contributed by atoms with Gasteiger partial charge in [-0.05, 0) is 67.5 Å². The minimum Gasteiger partial charge on any atom is -0.453 e. The van der Waals surface area contributed by atoms with Gasteiger partial charge >= 0.3 is 12.2 Å². The second-order valence-corrected chi connectivity index (χ2v) is 15.8. The molecule has 0 saturated carbocycles. The van der Waals surface area contributed by atoms with Crippen molar-refractivity contribution in [2.75, 3.05) is 27.3 Å². The molecule has 15 heteroatoms. The number of methoxy groups -OCH3 is 2. The number of imidazole rings is 2. The van der Waals surface area contributed by atoms with Crippen LogP contribution < -0.4 is 10.6 Å². The van der Waals surface area contributed by atoms with Gasteiger partial charge in [0.1, 0.15) is 23.4 Å². The molecule has 0 bridgehead atoms. The van der Waals surface area contributed by atoms with Gasteiger partial charge in [0.2, 0.25) is 5.91 Å². The molecule has 3 aromatic heterocycles. The SMILES string of the molecule is COC(=O)NC(C(=O)N1CCC[C@H]1c1nc2cc(-c3ccc4cc(-c5cnc([C@@H]6CCCN6C(=O)[C@@H](NC(=O)OC)C6C=CCC=C6)[nH]5)ccc4c3)ncc2[nH]1)=C1C=CCC=C1. The van der Waals surface area contributed by atoms with Crippen LogP contribution >= 0.6 is 0 Å². The number of carbonyl (C=O) groups excluding carboxylic acids is 4. The molecular formula is C47H47N9O6. The number of aromatic amines is 2. The lowest BCUT2D eigenvalue weighted by atomic mass is 9.93. The van der Waals surface area contributed by atoms with E-state index in [2.05, 4.69) is 44.9 Å². The molecule has 5 heterocycles. The van der Waals surface area contributed by atoms with Gasteiger partial charge in [-0.1, -0.05) is 72.9 Å². The van der Waals surface area contributed by atoms with E-state index in [1.165, 1.54) is 14.2 Å². The van der Waals surface area contributed by atoms with Crippen molar-refractivity contribution >= 4 is 45.8 Å². The Morgan fingerprint density at radius 2 is 1.44 bits per heavy atom. The summed E-state index contributed by atoms with van der Waals surface area (Å²) < 4.78 is 9.69.